The predicted octanol–water partition coefficient (Wildman–Crippen LogP) is 14.4. The van der Waals surface area contributed by atoms with E-state index in [2.05, 4.69) is 15.0 Å². The number of rotatable bonds is 5. The zero-order chi connectivity index (χ0) is 62.7. The van der Waals surface area contributed by atoms with E-state index in [9.17, 15) is 9.60 Å². The number of fused-ring (bicyclic) bond motifs is 9. The summed E-state index contributed by atoms with van der Waals surface area (Å²) in [6.07, 6.45) is 0. The molecular formula is C51H29N3O2S. The van der Waals surface area contributed by atoms with Crippen LogP contribution in [0.1, 0.15) is 39.8 Å². The molecule has 0 saturated carbocycles. The van der Waals surface area contributed by atoms with Gasteiger partial charge in [0, 0.05) is 64.0 Å². The summed E-state index contributed by atoms with van der Waals surface area (Å²) in [5.41, 5.74) is -7.62. The molecule has 0 N–H and O–H groups in total. The van der Waals surface area contributed by atoms with Crippen LogP contribution in [0, 0.1) is 0 Å². The molecular weight excluding hydrogens is 719 g/mol. The zero-order valence-electron chi connectivity index (χ0n) is 57.1. The van der Waals surface area contributed by atoms with Gasteiger partial charge in [-0.15, -0.1) is 11.3 Å². The van der Waals surface area contributed by atoms with Gasteiger partial charge in [-0.3, -0.25) is 0 Å². The topological polar surface area (TPSA) is 65.0 Å². The van der Waals surface area contributed by atoms with Crippen LogP contribution in [0.5, 0.6) is 0 Å². The fraction of sp³-hybridized carbons (Fsp3) is 0. The smallest absolute Gasteiger partial charge is 0.164 e. The molecule has 0 aliphatic rings. The Balaban J connectivity index is 1.25. The molecule has 0 spiro atoms. The van der Waals surface area contributed by atoms with Crippen molar-refractivity contribution in [2.75, 3.05) is 0 Å². The van der Waals surface area contributed by atoms with Crippen LogP contribution in [0.2, 0.25) is 0 Å². The van der Waals surface area contributed by atoms with E-state index in [1.165, 1.54) is 0 Å². The predicted molar refractivity (Wildman–Crippen MR) is 234 cm³/mol. The van der Waals surface area contributed by atoms with Crippen LogP contribution in [-0.4, -0.2) is 15.0 Å². The summed E-state index contributed by atoms with van der Waals surface area (Å²) in [7, 11) is 0. The van der Waals surface area contributed by atoms with E-state index < -0.39 is 276 Å². The molecule has 0 radical (unpaired) electrons. The van der Waals surface area contributed by atoms with E-state index in [1.54, 1.807) is 0 Å². The fourth-order valence-corrected chi connectivity index (χ4v) is 7.45. The maximum Gasteiger partial charge on any atom is 0.164 e. The Hall–Kier alpha value is -7.41. The molecule has 0 bridgehead atoms. The summed E-state index contributed by atoms with van der Waals surface area (Å²) in [5.74, 6) is -2.43. The molecule has 0 aliphatic carbocycles. The lowest BCUT2D eigenvalue weighted by molar-refractivity contribution is 0.668. The van der Waals surface area contributed by atoms with Crippen LogP contribution in [0.25, 0.3) is 120 Å². The van der Waals surface area contributed by atoms with Crippen molar-refractivity contribution in [2.45, 2.75) is 0 Å². The Bertz CT molecular complexity index is 5100. The van der Waals surface area contributed by atoms with Crippen LogP contribution in [0.4, 0.5) is 0 Å². The van der Waals surface area contributed by atoms with Crippen LogP contribution >= 0.6 is 11.3 Å². The van der Waals surface area contributed by atoms with E-state index in [1.807, 2.05) is 0 Å². The van der Waals surface area contributed by atoms with Gasteiger partial charge in [0.05, 0.1) is 39.8 Å². The highest BCUT2D eigenvalue weighted by molar-refractivity contribution is 7.25. The molecule has 12 aromatic rings. The normalized spacial score (nSPS) is 19.0. The summed E-state index contributed by atoms with van der Waals surface area (Å²) >= 11 is 0.657. The summed E-state index contributed by atoms with van der Waals surface area (Å²) in [6.45, 7) is 0. The number of nitrogens with zero attached hydrogens (tertiary/aromatic N) is 3. The standard InChI is InChI=1S/C51H29N3O2S/c1-3-13-30(14-4-1)49-52-50(31-15-5-2-6-16-31)54-51(53-49)38-20-11-22-42-46(38)36-26-25-32(29-43(36)55-42)39-27-33(28-40-35-17-7-9-21-41(35)56-48(39)40)34-19-12-24-45-47(34)37-18-8-10-23-44(37)57-45/h1-29H/i1D,2D,3D,4D,5D,6D,7D,8D,9D,10D,11D,12D,13D,14D,15D,16D,17D,18D,19D,20D,21D,22D,23D,24D,25D,26D,27D,28D,29D. The van der Waals surface area contributed by atoms with Crippen molar-refractivity contribution < 1.29 is 48.6 Å². The van der Waals surface area contributed by atoms with Gasteiger partial charge in [0.1, 0.15) is 22.3 Å². The van der Waals surface area contributed by atoms with E-state index in [-0.39, 0.29) is 20.2 Å². The lowest BCUT2D eigenvalue weighted by Crippen LogP contribution is -2.00. The molecule has 0 amide bonds. The minimum atomic E-state index is -1.02. The van der Waals surface area contributed by atoms with Crippen molar-refractivity contribution in [2.24, 2.45) is 0 Å². The molecule has 0 unspecified atom stereocenters. The molecule has 5 nitrogen and oxygen atoms in total. The lowest BCUT2D eigenvalue weighted by atomic mass is 9.93. The van der Waals surface area contributed by atoms with Crippen molar-refractivity contribution in [3.05, 3.63) is 175 Å². The van der Waals surface area contributed by atoms with Gasteiger partial charge >= 0.3 is 0 Å². The van der Waals surface area contributed by atoms with Crippen molar-refractivity contribution in [3.63, 3.8) is 0 Å². The van der Waals surface area contributed by atoms with E-state index in [0.717, 1.165) is 0 Å². The zero-order valence-corrected chi connectivity index (χ0v) is 28.9. The Kier molecular flexibility index (Phi) is 3.22. The maximum absolute atomic E-state index is 10.1. The van der Waals surface area contributed by atoms with E-state index in [4.69, 9.17) is 39.0 Å². The molecule has 0 saturated heterocycles. The third-order valence-electron chi connectivity index (χ3n) is 8.89. The first-order chi connectivity index (χ1) is 40.3. The number of aromatic nitrogens is 3. The van der Waals surface area contributed by atoms with Crippen LogP contribution in [0.3, 0.4) is 0 Å². The highest BCUT2D eigenvalue weighted by atomic mass is 32.1. The van der Waals surface area contributed by atoms with Crippen molar-refractivity contribution >= 4 is 75.4 Å². The molecule has 266 valence electrons. The monoisotopic (exact) mass is 776 g/mol. The quantitative estimate of drug-likeness (QED) is 0.174. The van der Waals surface area contributed by atoms with Gasteiger partial charge in [0.25, 0.3) is 0 Å². The largest absolute Gasteiger partial charge is 0.456 e. The Morgan fingerprint density at radius 3 is 1.82 bits per heavy atom. The third-order valence-corrected chi connectivity index (χ3v) is 9.91. The molecule has 0 aliphatic heterocycles. The Morgan fingerprint density at radius 2 is 1.02 bits per heavy atom. The van der Waals surface area contributed by atoms with Crippen LogP contribution < -0.4 is 0 Å². The van der Waals surface area contributed by atoms with Gasteiger partial charge in [-0.1, -0.05) is 127 Å². The van der Waals surface area contributed by atoms with Gasteiger partial charge in [-0.05, 0) is 65.0 Å². The number of hydrogen-bond donors (Lipinski definition) is 0. The van der Waals surface area contributed by atoms with E-state index >= 15 is 0 Å². The van der Waals surface area contributed by atoms with Gasteiger partial charge in [0.15, 0.2) is 17.5 Å². The average molecular weight is 777 g/mol. The highest BCUT2D eigenvalue weighted by Crippen LogP contribution is 2.45. The summed E-state index contributed by atoms with van der Waals surface area (Å²) < 4.78 is 271. The van der Waals surface area contributed by atoms with Gasteiger partial charge in [0.2, 0.25) is 0 Å². The SMILES string of the molecule is [2H]c1c([2H])c([2H])c(-c2nc(-c3c([2H])c([2H])c([2H])c([2H])c3[2H])nc(-c3c([2H])c([2H])c([2H])c4oc5c([2H])c(-c6c([2H])c(-c7c([2H])c([2H])c([2H])c8sc9c([2H])c([2H])c([2H])c([2H])c9c78)c([2H])c7c6oc6c([2H])c([2H])c([2H])c([2H])c67)c([2H])c([2H])c5c34)n2)c([2H])c1[2H]. The molecule has 4 aromatic heterocycles. The first-order valence-electron chi connectivity index (χ1n) is 31.1. The Morgan fingerprint density at radius 1 is 0.368 bits per heavy atom. The van der Waals surface area contributed by atoms with E-state index in [0.29, 0.717) is 11.3 Å². The second-order valence-corrected chi connectivity index (χ2v) is 13.1. The minimum Gasteiger partial charge on any atom is -0.456 e. The molecule has 57 heavy (non-hydrogen) atoms. The van der Waals surface area contributed by atoms with Gasteiger partial charge in [-0.2, -0.15) is 0 Å². The first kappa shape index (κ1) is 14.6. The van der Waals surface area contributed by atoms with Crippen LogP contribution in [0.15, 0.2) is 184 Å². The number of para-hydroxylation sites is 1. The average Bonchev–Trinajstić information content (AvgIpc) is 1.48. The van der Waals surface area contributed by atoms with Gasteiger partial charge < -0.3 is 8.83 Å². The second kappa shape index (κ2) is 12.6. The molecule has 4 heterocycles. The number of furan rings is 2. The minimum absolute atomic E-state index is 0.142. The van der Waals surface area contributed by atoms with Crippen molar-refractivity contribution in [3.8, 4) is 56.4 Å². The van der Waals surface area contributed by atoms with Crippen molar-refractivity contribution in [1.29, 1.82) is 0 Å². The molecule has 0 fully saturated rings. The number of benzene rings is 8. The third kappa shape index (κ3) is 5.12. The summed E-state index contributed by atoms with van der Waals surface area (Å²) in [4.78, 5) is 13.0. The molecule has 6 heteroatoms. The maximum atomic E-state index is 10.1. The van der Waals surface area contributed by atoms with Crippen molar-refractivity contribution in [1.82, 2.24) is 15.0 Å². The molecule has 0 atom stereocenters. The number of hydrogen-bond acceptors (Lipinski definition) is 6. The first-order valence-corrected chi connectivity index (χ1v) is 17.4. The summed E-state index contributed by atoms with van der Waals surface area (Å²) in [5, 5.41) is -2.77. The molecule has 12 rings (SSSR count). The fourth-order valence-electron chi connectivity index (χ4n) is 6.48. The van der Waals surface area contributed by atoms with Gasteiger partial charge in [-0.25, -0.2) is 15.0 Å². The second-order valence-electron chi connectivity index (χ2n) is 12.1. The Labute approximate surface area is 370 Å². The molecule has 8 aromatic carbocycles. The number of thiophene rings is 1. The summed E-state index contributed by atoms with van der Waals surface area (Å²) in [6, 6.07) is -24.5. The highest BCUT2D eigenvalue weighted by Gasteiger charge is 2.21. The lowest BCUT2D eigenvalue weighted by Gasteiger charge is -2.10. The van der Waals surface area contributed by atoms with Crippen LogP contribution in [-0.2, 0) is 0 Å².